The second kappa shape index (κ2) is 4.22. The normalized spacial score (nSPS) is 41.1. The van der Waals surface area contributed by atoms with E-state index in [-0.39, 0.29) is 10.8 Å². The summed E-state index contributed by atoms with van der Waals surface area (Å²) in [6.45, 7) is 8.91. The van der Waals surface area contributed by atoms with Gasteiger partial charge in [0.05, 0.1) is 6.61 Å². The third-order valence-corrected chi connectivity index (χ3v) is 5.96. The molecular weight excluding hydrogens is 228 g/mol. The number of rotatable bonds is 4. The predicted octanol–water partition coefficient (Wildman–Crippen LogP) is 2.91. The lowest BCUT2D eigenvalue weighted by Gasteiger charge is -2.43. The van der Waals surface area contributed by atoms with Gasteiger partial charge in [0.25, 0.3) is 0 Å². The summed E-state index contributed by atoms with van der Waals surface area (Å²) in [6, 6.07) is 0. The first-order valence-corrected chi connectivity index (χ1v) is 7.19. The summed E-state index contributed by atoms with van der Waals surface area (Å²) in [5, 5.41) is 10.9. The molecule has 0 radical (unpaired) electrons. The monoisotopic (exact) mass is 254 g/mol. The molecule has 104 valence electrons. The van der Waals surface area contributed by atoms with Crippen molar-refractivity contribution in [3.63, 3.8) is 0 Å². The summed E-state index contributed by atoms with van der Waals surface area (Å²) >= 11 is 0. The van der Waals surface area contributed by atoms with E-state index in [9.17, 15) is 9.90 Å². The van der Waals surface area contributed by atoms with Gasteiger partial charge in [-0.15, -0.1) is 0 Å². The molecule has 3 heteroatoms. The Labute approximate surface area is 110 Å². The third kappa shape index (κ3) is 1.56. The van der Waals surface area contributed by atoms with Crippen LogP contribution in [0.5, 0.6) is 0 Å². The lowest BCUT2D eigenvalue weighted by molar-refractivity contribution is -0.183. The molecule has 2 aliphatic rings. The summed E-state index contributed by atoms with van der Waals surface area (Å²) in [4.78, 5) is 12.3. The smallest absolute Gasteiger partial charge is 0.338 e. The Morgan fingerprint density at radius 1 is 1.39 bits per heavy atom. The number of ether oxygens (including phenoxy) is 1. The van der Waals surface area contributed by atoms with Crippen LogP contribution in [0.25, 0.3) is 0 Å². The molecule has 0 spiro atoms. The number of fused-ring (bicyclic) bond motifs is 2. The number of hydrogen-bond acceptors (Lipinski definition) is 3. The Hall–Kier alpha value is -0.570. The Morgan fingerprint density at radius 2 is 2.06 bits per heavy atom. The van der Waals surface area contributed by atoms with E-state index in [1.165, 1.54) is 0 Å². The van der Waals surface area contributed by atoms with Gasteiger partial charge in [-0.1, -0.05) is 34.1 Å². The van der Waals surface area contributed by atoms with Crippen LogP contribution in [0.1, 0.15) is 59.8 Å². The van der Waals surface area contributed by atoms with Crippen molar-refractivity contribution in [3.05, 3.63) is 0 Å². The molecule has 0 aliphatic heterocycles. The average Bonchev–Trinajstić information content (AvgIpc) is 2.61. The van der Waals surface area contributed by atoms with E-state index in [1.54, 1.807) is 0 Å². The minimum absolute atomic E-state index is 0.0194. The van der Waals surface area contributed by atoms with Crippen LogP contribution in [0.15, 0.2) is 0 Å². The van der Waals surface area contributed by atoms with Crippen molar-refractivity contribution >= 4 is 5.97 Å². The molecule has 2 aliphatic carbocycles. The molecule has 0 aromatic rings. The van der Waals surface area contributed by atoms with Crippen LogP contribution < -0.4 is 0 Å². The highest BCUT2D eigenvalue weighted by Crippen LogP contribution is 2.69. The van der Waals surface area contributed by atoms with E-state index < -0.39 is 11.6 Å². The van der Waals surface area contributed by atoms with Crippen LogP contribution in [0.2, 0.25) is 0 Å². The molecule has 3 atom stereocenters. The summed E-state index contributed by atoms with van der Waals surface area (Å²) in [6.07, 6.45) is 4.47. The highest BCUT2D eigenvalue weighted by Gasteiger charge is 2.71. The Kier molecular flexibility index (Phi) is 3.25. The van der Waals surface area contributed by atoms with Crippen LogP contribution in [0.4, 0.5) is 0 Å². The molecule has 2 saturated carbocycles. The number of carbonyl (C=O) groups is 1. The number of carbonyl (C=O) groups excluding carboxylic acids is 1. The Bertz CT molecular complexity index is 350. The van der Waals surface area contributed by atoms with Crippen molar-refractivity contribution in [2.45, 2.75) is 65.4 Å². The Balaban J connectivity index is 2.16. The van der Waals surface area contributed by atoms with Crippen molar-refractivity contribution in [1.82, 2.24) is 0 Å². The van der Waals surface area contributed by atoms with Crippen LogP contribution in [-0.4, -0.2) is 23.3 Å². The summed E-state index contributed by atoms with van der Waals surface area (Å²) in [5.41, 5.74) is -1.59. The average molecular weight is 254 g/mol. The predicted molar refractivity (Wildman–Crippen MR) is 70.0 cm³/mol. The zero-order valence-electron chi connectivity index (χ0n) is 12.1. The largest absolute Gasteiger partial charge is 0.464 e. The quantitative estimate of drug-likeness (QED) is 0.620. The summed E-state index contributed by atoms with van der Waals surface area (Å²) in [7, 11) is 0. The van der Waals surface area contributed by atoms with Gasteiger partial charge in [-0.05, 0) is 37.0 Å². The fourth-order valence-corrected chi connectivity index (χ4v) is 4.01. The molecule has 0 saturated heterocycles. The molecule has 0 amide bonds. The number of unbranched alkanes of at least 4 members (excludes halogenated alkanes) is 1. The molecule has 2 fully saturated rings. The van der Waals surface area contributed by atoms with Gasteiger partial charge in [0.1, 0.15) is 0 Å². The van der Waals surface area contributed by atoms with Crippen molar-refractivity contribution in [1.29, 1.82) is 0 Å². The van der Waals surface area contributed by atoms with Gasteiger partial charge in [-0.2, -0.15) is 0 Å². The molecular formula is C15H26O3. The zero-order chi connectivity index (χ0) is 13.6. The number of hydrogen-bond donors (Lipinski definition) is 1. The fraction of sp³-hybridized carbons (Fsp3) is 0.933. The molecule has 3 nitrogen and oxygen atoms in total. The SMILES string of the molecule is CCCCOC(=O)[C@]1(O)C[C@H]2CC[C@@]1(C)C2(C)C. The van der Waals surface area contributed by atoms with E-state index in [0.29, 0.717) is 18.9 Å². The second-order valence-electron chi connectivity index (χ2n) is 6.84. The first kappa shape index (κ1) is 13.9. The molecule has 0 aromatic carbocycles. The highest BCUT2D eigenvalue weighted by molar-refractivity contribution is 5.81. The Morgan fingerprint density at radius 3 is 2.50 bits per heavy atom. The molecule has 18 heavy (non-hydrogen) atoms. The maximum atomic E-state index is 12.3. The summed E-state index contributed by atoms with van der Waals surface area (Å²) in [5.74, 6) is 0.0416. The second-order valence-corrected chi connectivity index (χ2v) is 6.84. The lowest BCUT2D eigenvalue weighted by Crippen LogP contribution is -2.53. The maximum absolute atomic E-state index is 12.3. The molecule has 0 heterocycles. The minimum atomic E-state index is -1.27. The highest BCUT2D eigenvalue weighted by atomic mass is 16.5. The first-order valence-electron chi connectivity index (χ1n) is 7.19. The van der Waals surface area contributed by atoms with E-state index in [1.807, 2.05) is 0 Å². The van der Waals surface area contributed by atoms with E-state index in [0.717, 1.165) is 25.7 Å². The van der Waals surface area contributed by atoms with Gasteiger partial charge in [0.2, 0.25) is 0 Å². The third-order valence-electron chi connectivity index (χ3n) is 5.96. The fourth-order valence-electron chi connectivity index (χ4n) is 4.01. The molecule has 0 unspecified atom stereocenters. The number of aliphatic hydroxyl groups is 1. The lowest BCUT2D eigenvalue weighted by atomic mass is 9.64. The molecule has 2 bridgehead atoms. The van der Waals surface area contributed by atoms with Crippen molar-refractivity contribution in [2.24, 2.45) is 16.7 Å². The molecule has 2 rings (SSSR count). The van der Waals surface area contributed by atoms with Crippen LogP contribution in [0, 0.1) is 16.7 Å². The number of esters is 1. The molecule has 1 N–H and O–H groups in total. The van der Waals surface area contributed by atoms with Crippen LogP contribution in [0.3, 0.4) is 0 Å². The standard InChI is InChI=1S/C15H26O3/c1-5-6-9-18-12(16)15(17)10-11-7-8-14(15,4)13(11,2)3/h11,17H,5-10H2,1-4H3/t11-,14+,15-/m1/s1. The van der Waals surface area contributed by atoms with Gasteiger partial charge in [-0.25, -0.2) is 4.79 Å². The van der Waals surface area contributed by atoms with Crippen molar-refractivity contribution < 1.29 is 14.6 Å². The van der Waals surface area contributed by atoms with Gasteiger partial charge >= 0.3 is 5.97 Å². The minimum Gasteiger partial charge on any atom is -0.464 e. The summed E-state index contributed by atoms with van der Waals surface area (Å²) < 4.78 is 5.29. The van der Waals surface area contributed by atoms with E-state index in [4.69, 9.17) is 4.74 Å². The first-order chi connectivity index (χ1) is 8.29. The van der Waals surface area contributed by atoms with Crippen LogP contribution >= 0.6 is 0 Å². The van der Waals surface area contributed by atoms with E-state index >= 15 is 0 Å². The maximum Gasteiger partial charge on any atom is 0.338 e. The van der Waals surface area contributed by atoms with Crippen molar-refractivity contribution in [3.8, 4) is 0 Å². The van der Waals surface area contributed by atoms with Gasteiger partial charge in [-0.3, -0.25) is 0 Å². The molecule has 0 aromatic heterocycles. The van der Waals surface area contributed by atoms with Crippen molar-refractivity contribution in [2.75, 3.05) is 6.61 Å². The van der Waals surface area contributed by atoms with Gasteiger partial charge in [0, 0.05) is 5.41 Å². The van der Waals surface area contributed by atoms with E-state index in [2.05, 4.69) is 27.7 Å². The van der Waals surface area contributed by atoms with Gasteiger partial charge < -0.3 is 9.84 Å². The van der Waals surface area contributed by atoms with Crippen LogP contribution in [-0.2, 0) is 9.53 Å². The van der Waals surface area contributed by atoms with Gasteiger partial charge in [0.15, 0.2) is 5.60 Å². The zero-order valence-corrected chi connectivity index (χ0v) is 12.1. The topological polar surface area (TPSA) is 46.5 Å².